The monoisotopic (exact) mass is 318 g/mol. The minimum absolute atomic E-state index is 0.471. The highest BCUT2D eigenvalue weighted by atomic mass is 32.1. The van der Waals surface area contributed by atoms with Crippen molar-refractivity contribution in [2.75, 3.05) is 25.0 Å². The van der Waals surface area contributed by atoms with E-state index in [2.05, 4.69) is 38.0 Å². The fraction of sp³-hybridized carbons (Fsp3) is 0.438. The van der Waals surface area contributed by atoms with Crippen LogP contribution in [0.1, 0.15) is 18.6 Å². The molecule has 0 aromatic carbocycles. The Morgan fingerprint density at radius 3 is 2.86 bits per heavy atom. The normalized spacial score (nSPS) is 16.8. The van der Waals surface area contributed by atoms with Crippen LogP contribution in [0.15, 0.2) is 45.3 Å². The number of nitrogens with zero attached hydrogens (tertiary/aromatic N) is 2. The van der Waals surface area contributed by atoms with Crippen molar-refractivity contribution < 1.29 is 4.42 Å². The predicted molar refractivity (Wildman–Crippen MR) is 91.6 cm³/mol. The third-order valence-electron chi connectivity index (χ3n) is 3.89. The van der Waals surface area contributed by atoms with Crippen LogP contribution in [0.5, 0.6) is 0 Å². The Labute approximate surface area is 135 Å². The largest absolute Gasteiger partial charge is 0.467 e. The summed E-state index contributed by atoms with van der Waals surface area (Å²) in [6, 6.07) is 8.64. The molecule has 2 aromatic heterocycles. The second-order valence-corrected chi connectivity index (χ2v) is 6.29. The van der Waals surface area contributed by atoms with Crippen molar-refractivity contribution in [2.45, 2.75) is 25.4 Å². The molecular weight excluding hydrogens is 296 g/mol. The molecule has 0 unspecified atom stereocenters. The summed E-state index contributed by atoms with van der Waals surface area (Å²) in [7, 11) is 1.80. The summed E-state index contributed by atoms with van der Waals surface area (Å²) in [5.74, 6) is 1.75. The molecule has 2 N–H and O–H groups in total. The van der Waals surface area contributed by atoms with Crippen LogP contribution < -0.4 is 15.5 Å². The zero-order valence-corrected chi connectivity index (χ0v) is 13.6. The van der Waals surface area contributed by atoms with Gasteiger partial charge in [0, 0.05) is 26.2 Å². The summed E-state index contributed by atoms with van der Waals surface area (Å²) >= 11 is 1.81. The summed E-state index contributed by atoms with van der Waals surface area (Å²) in [4.78, 5) is 6.75. The lowest BCUT2D eigenvalue weighted by Gasteiger charge is -2.33. The van der Waals surface area contributed by atoms with Gasteiger partial charge in [0.2, 0.25) is 0 Å². The van der Waals surface area contributed by atoms with Gasteiger partial charge in [0.1, 0.15) is 5.76 Å². The van der Waals surface area contributed by atoms with E-state index in [0.29, 0.717) is 12.6 Å². The summed E-state index contributed by atoms with van der Waals surface area (Å²) in [6.45, 7) is 2.83. The van der Waals surface area contributed by atoms with Gasteiger partial charge in [-0.15, -0.1) is 11.3 Å². The fourth-order valence-electron chi connectivity index (χ4n) is 2.67. The molecule has 1 fully saturated rings. The Bertz CT molecular complexity index is 571. The Hall–Kier alpha value is -1.95. The van der Waals surface area contributed by atoms with E-state index in [1.807, 2.05) is 23.5 Å². The number of piperidine rings is 1. The minimum Gasteiger partial charge on any atom is -0.467 e. The van der Waals surface area contributed by atoms with Crippen LogP contribution in [-0.2, 0) is 6.54 Å². The maximum Gasteiger partial charge on any atom is 0.191 e. The molecule has 3 rings (SSSR count). The lowest BCUT2D eigenvalue weighted by molar-refractivity contribution is 0.458. The van der Waals surface area contributed by atoms with Crippen LogP contribution in [0.2, 0.25) is 0 Å². The molecule has 0 saturated carbocycles. The first kappa shape index (κ1) is 15.0. The molecule has 118 valence electrons. The molecule has 3 heterocycles. The third-order valence-corrected chi connectivity index (χ3v) is 4.82. The Morgan fingerprint density at radius 1 is 1.36 bits per heavy atom. The molecule has 1 saturated heterocycles. The minimum atomic E-state index is 0.471. The second kappa shape index (κ2) is 7.35. The summed E-state index contributed by atoms with van der Waals surface area (Å²) in [6.07, 6.45) is 3.94. The zero-order valence-electron chi connectivity index (χ0n) is 12.8. The van der Waals surface area contributed by atoms with Crippen LogP contribution in [0.25, 0.3) is 0 Å². The summed E-state index contributed by atoms with van der Waals surface area (Å²) in [5.41, 5.74) is 0. The van der Waals surface area contributed by atoms with Gasteiger partial charge in [0.25, 0.3) is 0 Å². The molecule has 2 aromatic rings. The maximum absolute atomic E-state index is 5.32. The van der Waals surface area contributed by atoms with Crippen LogP contribution in [0.4, 0.5) is 5.00 Å². The van der Waals surface area contributed by atoms with Crippen LogP contribution in [0, 0.1) is 0 Å². The Kier molecular flexibility index (Phi) is 5.00. The van der Waals surface area contributed by atoms with E-state index in [1.54, 1.807) is 13.3 Å². The number of rotatable bonds is 4. The van der Waals surface area contributed by atoms with Crippen LogP contribution in [-0.4, -0.2) is 32.1 Å². The molecule has 0 amide bonds. The van der Waals surface area contributed by atoms with Gasteiger partial charge in [-0.2, -0.15) is 0 Å². The Morgan fingerprint density at radius 2 is 2.23 bits per heavy atom. The lowest BCUT2D eigenvalue weighted by atomic mass is 10.1. The van der Waals surface area contributed by atoms with Crippen molar-refractivity contribution >= 4 is 22.3 Å². The lowest BCUT2D eigenvalue weighted by Crippen LogP contribution is -2.48. The first-order valence-corrected chi connectivity index (χ1v) is 8.51. The summed E-state index contributed by atoms with van der Waals surface area (Å²) < 4.78 is 5.32. The summed E-state index contributed by atoms with van der Waals surface area (Å²) in [5, 5.41) is 10.3. The quantitative estimate of drug-likeness (QED) is 0.672. The average molecular weight is 318 g/mol. The highest BCUT2D eigenvalue weighted by molar-refractivity contribution is 7.14. The van der Waals surface area contributed by atoms with Gasteiger partial charge in [-0.05, 0) is 42.5 Å². The number of hydrogen-bond donors (Lipinski definition) is 2. The van der Waals surface area contributed by atoms with E-state index in [0.717, 1.165) is 37.7 Å². The molecule has 0 atom stereocenters. The highest BCUT2D eigenvalue weighted by Crippen LogP contribution is 2.24. The van der Waals surface area contributed by atoms with E-state index >= 15 is 0 Å². The number of thiophene rings is 1. The van der Waals surface area contributed by atoms with Crippen molar-refractivity contribution in [2.24, 2.45) is 4.99 Å². The molecular formula is C16H22N4OS. The number of anilines is 1. The molecule has 0 aliphatic carbocycles. The van der Waals surface area contributed by atoms with E-state index in [9.17, 15) is 0 Å². The van der Waals surface area contributed by atoms with Gasteiger partial charge in [-0.1, -0.05) is 0 Å². The molecule has 0 bridgehead atoms. The topological polar surface area (TPSA) is 52.8 Å². The fourth-order valence-corrected chi connectivity index (χ4v) is 3.45. The van der Waals surface area contributed by atoms with E-state index in [4.69, 9.17) is 4.42 Å². The van der Waals surface area contributed by atoms with Crippen molar-refractivity contribution in [1.29, 1.82) is 0 Å². The SMILES string of the molecule is CN=C(NCc1ccco1)NC1CCN(c2cccs2)CC1. The molecule has 5 nitrogen and oxygen atoms in total. The molecule has 1 aliphatic rings. The first-order chi connectivity index (χ1) is 10.8. The van der Waals surface area contributed by atoms with Gasteiger partial charge >= 0.3 is 0 Å². The smallest absolute Gasteiger partial charge is 0.191 e. The number of furan rings is 1. The van der Waals surface area contributed by atoms with Gasteiger partial charge in [0.05, 0.1) is 17.8 Å². The maximum atomic E-state index is 5.32. The average Bonchev–Trinajstić information content (AvgIpc) is 3.25. The van der Waals surface area contributed by atoms with Crippen molar-refractivity contribution in [3.8, 4) is 0 Å². The Balaban J connectivity index is 1.44. The number of hydrogen-bond acceptors (Lipinski definition) is 4. The first-order valence-electron chi connectivity index (χ1n) is 7.63. The van der Waals surface area contributed by atoms with E-state index < -0.39 is 0 Å². The molecule has 6 heteroatoms. The van der Waals surface area contributed by atoms with Gasteiger partial charge < -0.3 is 20.0 Å². The third kappa shape index (κ3) is 3.82. The van der Waals surface area contributed by atoms with Gasteiger partial charge in [-0.3, -0.25) is 4.99 Å². The molecule has 22 heavy (non-hydrogen) atoms. The number of guanidine groups is 1. The molecule has 1 aliphatic heterocycles. The predicted octanol–water partition coefficient (Wildman–Crippen LogP) is 2.68. The zero-order chi connectivity index (χ0) is 15.2. The van der Waals surface area contributed by atoms with Gasteiger partial charge in [-0.25, -0.2) is 0 Å². The van der Waals surface area contributed by atoms with Crippen LogP contribution >= 0.6 is 11.3 Å². The van der Waals surface area contributed by atoms with Crippen molar-refractivity contribution in [3.63, 3.8) is 0 Å². The number of nitrogens with one attached hydrogen (secondary N) is 2. The van der Waals surface area contributed by atoms with Crippen molar-refractivity contribution in [1.82, 2.24) is 10.6 Å². The van der Waals surface area contributed by atoms with Crippen molar-refractivity contribution in [3.05, 3.63) is 41.7 Å². The molecule has 0 radical (unpaired) electrons. The van der Waals surface area contributed by atoms with Crippen LogP contribution in [0.3, 0.4) is 0 Å². The molecule has 0 spiro atoms. The highest BCUT2D eigenvalue weighted by Gasteiger charge is 2.20. The van der Waals surface area contributed by atoms with E-state index in [-0.39, 0.29) is 0 Å². The van der Waals surface area contributed by atoms with E-state index in [1.165, 1.54) is 5.00 Å². The van der Waals surface area contributed by atoms with Gasteiger partial charge in [0.15, 0.2) is 5.96 Å². The number of aliphatic imine (C=N–C) groups is 1. The second-order valence-electron chi connectivity index (χ2n) is 5.36. The standard InChI is InChI=1S/C16H22N4OS/c1-17-16(18-12-14-4-2-10-21-14)19-13-6-8-20(9-7-13)15-5-3-11-22-15/h2-5,10-11,13H,6-9,12H2,1H3,(H2,17,18,19).